The SMILES string of the molecule is O=S(=O)(Nc1cc(F)c(OC(F)F)cc1F)c1cn(CCF)c2cc(Cl)ccc12. The first-order chi connectivity index (χ1) is 13.6. The van der Waals surface area contributed by atoms with E-state index in [2.05, 4.69) is 4.74 Å². The summed E-state index contributed by atoms with van der Waals surface area (Å²) in [7, 11) is -4.46. The average Bonchev–Trinajstić information content (AvgIpc) is 2.98. The number of sulfonamides is 1. The van der Waals surface area contributed by atoms with Crippen molar-refractivity contribution < 1.29 is 35.1 Å². The predicted molar refractivity (Wildman–Crippen MR) is 96.7 cm³/mol. The normalized spacial score (nSPS) is 12.0. The quantitative estimate of drug-likeness (QED) is 0.514. The fourth-order valence-electron chi connectivity index (χ4n) is 2.71. The first-order valence-corrected chi connectivity index (χ1v) is 9.79. The summed E-state index contributed by atoms with van der Waals surface area (Å²) < 4.78 is 97.7. The summed E-state index contributed by atoms with van der Waals surface area (Å²) in [5.41, 5.74) is -0.493. The molecule has 0 fully saturated rings. The van der Waals surface area contributed by atoms with Crippen LogP contribution >= 0.6 is 11.6 Å². The Morgan fingerprint density at radius 1 is 1.14 bits per heavy atom. The monoisotopic (exact) mass is 454 g/mol. The molecule has 0 aliphatic heterocycles. The fourth-order valence-corrected chi connectivity index (χ4v) is 4.16. The maximum Gasteiger partial charge on any atom is 0.387 e. The minimum Gasteiger partial charge on any atom is -0.432 e. The Bertz CT molecular complexity index is 1170. The number of rotatable bonds is 7. The molecule has 1 heterocycles. The van der Waals surface area contributed by atoms with Gasteiger partial charge in [0.05, 0.1) is 17.7 Å². The third kappa shape index (κ3) is 4.40. The number of benzene rings is 2. The van der Waals surface area contributed by atoms with Gasteiger partial charge in [-0.05, 0) is 18.2 Å². The van der Waals surface area contributed by atoms with Gasteiger partial charge in [0, 0.05) is 28.7 Å². The third-order valence-corrected chi connectivity index (χ3v) is 5.53. The largest absolute Gasteiger partial charge is 0.432 e. The summed E-state index contributed by atoms with van der Waals surface area (Å²) in [5, 5.41) is 0.462. The Hall–Kier alpha value is -2.53. The summed E-state index contributed by atoms with van der Waals surface area (Å²) in [6.45, 7) is -4.33. The number of aryl methyl sites for hydroxylation is 1. The fraction of sp³-hybridized carbons (Fsp3) is 0.176. The molecule has 2 aromatic carbocycles. The molecule has 0 saturated carbocycles. The van der Waals surface area contributed by atoms with Crippen LogP contribution in [0.25, 0.3) is 10.9 Å². The molecule has 0 radical (unpaired) electrons. The molecule has 3 aromatic rings. The van der Waals surface area contributed by atoms with E-state index in [1.807, 2.05) is 4.72 Å². The number of fused-ring (bicyclic) bond motifs is 1. The van der Waals surface area contributed by atoms with E-state index in [1.165, 1.54) is 22.8 Å². The van der Waals surface area contributed by atoms with Crippen molar-refractivity contribution in [3.05, 3.63) is 53.2 Å². The number of aromatic nitrogens is 1. The van der Waals surface area contributed by atoms with Crippen LogP contribution in [0.4, 0.5) is 27.6 Å². The first-order valence-electron chi connectivity index (χ1n) is 7.93. The van der Waals surface area contributed by atoms with E-state index in [9.17, 15) is 30.4 Å². The minimum absolute atomic E-state index is 0.158. The van der Waals surface area contributed by atoms with E-state index in [0.717, 1.165) is 6.20 Å². The molecule has 1 N–H and O–H groups in total. The number of nitrogens with zero attached hydrogens (tertiary/aromatic N) is 1. The summed E-state index contributed by atoms with van der Waals surface area (Å²) in [6, 6.07) is 4.91. The number of hydrogen-bond acceptors (Lipinski definition) is 3. The second-order valence-electron chi connectivity index (χ2n) is 5.78. The van der Waals surface area contributed by atoms with E-state index in [4.69, 9.17) is 11.6 Å². The van der Waals surface area contributed by atoms with Crippen LogP contribution in [0.1, 0.15) is 0 Å². The standard InChI is InChI=1S/C17H12ClF5N2O3S/c18-9-1-2-10-14(5-9)25(4-3-19)8-16(10)29(26,27)24-13-6-12(21)15(7-11(13)20)28-17(22)23/h1-2,5-8,17,24H,3-4H2. The molecule has 12 heteroatoms. The molecule has 0 amide bonds. The van der Waals surface area contributed by atoms with Gasteiger partial charge in [0.2, 0.25) is 0 Å². The molecule has 29 heavy (non-hydrogen) atoms. The Kier molecular flexibility index (Phi) is 5.90. The van der Waals surface area contributed by atoms with Gasteiger partial charge in [-0.3, -0.25) is 4.72 Å². The summed E-state index contributed by atoms with van der Waals surface area (Å²) in [5.74, 6) is -3.80. The zero-order valence-corrected chi connectivity index (χ0v) is 15.9. The van der Waals surface area contributed by atoms with Gasteiger partial charge in [-0.2, -0.15) is 8.78 Å². The second kappa shape index (κ2) is 8.07. The number of anilines is 1. The smallest absolute Gasteiger partial charge is 0.387 e. The molecule has 0 spiro atoms. The number of hydrogen-bond donors (Lipinski definition) is 1. The van der Waals surface area contributed by atoms with E-state index in [-0.39, 0.29) is 21.8 Å². The Morgan fingerprint density at radius 3 is 2.52 bits per heavy atom. The highest BCUT2D eigenvalue weighted by atomic mass is 35.5. The topological polar surface area (TPSA) is 60.3 Å². The maximum atomic E-state index is 14.1. The van der Waals surface area contributed by atoms with Crippen LogP contribution in [-0.4, -0.2) is 26.3 Å². The van der Waals surface area contributed by atoms with Gasteiger partial charge in [-0.25, -0.2) is 21.6 Å². The lowest BCUT2D eigenvalue weighted by atomic mass is 10.2. The highest BCUT2D eigenvalue weighted by Gasteiger charge is 2.24. The second-order valence-corrected chi connectivity index (χ2v) is 7.87. The number of alkyl halides is 3. The van der Waals surface area contributed by atoms with Crippen LogP contribution in [0.2, 0.25) is 5.02 Å². The molecule has 0 saturated heterocycles. The Labute approximate surface area is 166 Å². The van der Waals surface area contributed by atoms with Gasteiger partial charge in [-0.15, -0.1) is 0 Å². The van der Waals surface area contributed by atoms with Crippen molar-refractivity contribution in [1.29, 1.82) is 0 Å². The number of nitrogens with one attached hydrogen (secondary N) is 1. The van der Waals surface area contributed by atoms with Gasteiger partial charge >= 0.3 is 6.61 Å². The molecule has 0 bridgehead atoms. The molecule has 0 aliphatic carbocycles. The van der Waals surface area contributed by atoms with Gasteiger partial charge in [-0.1, -0.05) is 11.6 Å². The van der Waals surface area contributed by atoms with Crippen molar-refractivity contribution in [2.75, 3.05) is 11.4 Å². The Morgan fingerprint density at radius 2 is 1.86 bits per heavy atom. The highest BCUT2D eigenvalue weighted by Crippen LogP contribution is 2.32. The molecule has 3 rings (SSSR count). The molecular weight excluding hydrogens is 443 g/mol. The maximum absolute atomic E-state index is 14.1. The van der Waals surface area contributed by atoms with Crippen molar-refractivity contribution in [3.8, 4) is 5.75 Å². The van der Waals surface area contributed by atoms with Gasteiger partial charge in [0.15, 0.2) is 17.4 Å². The lowest BCUT2D eigenvalue weighted by molar-refractivity contribution is -0.0523. The Balaban J connectivity index is 2.04. The van der Waals surface area contributed by atoms with Crippen molar-refractivity contribution >= 4 is 38.2 Å². The van der Waals surface area contributed by atoms with Crippen molar-refractivity contribution in [2.24, 2.45) is 0 Å². The van der Waals surface area contributed by atoms with Crippen LogP contribution in [0.5, 0.6) is 5.75 Å². The zero-order chi connectivity index (χ0) is 21.3. The van der Waals surface area contributed by atoms with Crippen molar-refractivity contribution in [2.45, 2.75) is 18.1 Å². The zero-order valence-electron chi connectivity index (χ0n) is 14.3. The highest BCUT2D eigenvalue weighted by molar-refractivity contribution is 7.93. The van der Waals surface area contributed by atoms with Crippen LogP contribution in [0.15, 0.2) is 41.4 Å². The van der Waals surface area contributed by atoms with Crippen molar-refractivity contribution in [3.63, 3.8) is 0 Å². The van der Waals surface area contributed by atoms with Gasteiger partial charge < -0.3 is 9.30 Å². The number of halogens is 6. The molecule has 156 valence electrons. The summed E-state index contributed by atoms with van der Waals surface area (Å²) in [4.78, 5) is -0.328. The molecule has 1 aromatic heterocycles. The van der Waals surface area contributed by atoms with Crippen molar-refractivity contribution in [1.82, 2.24) is 4.57 Å². The lowest BCUT2D eigenvalue weighted by Gasteiger charge is -2.11. The van der Waals surface area contributed by atoms with Gasteiger partial charge in [0.25, 0.3) is 10.0 Å². The molecule has 0 unspecified atom stereocenters. The summed E-state index contributed by atoms with van der Waals surface area (Å²) in [6.07, 6.45) is 1.13. The van der Waals surface area contributed by atoms with Crippen LogP contribution in [-0.2, 0) is 16.6 Å². The molecule has 0 aliphatic rings. The predicted octanol–water partition coefficient (Wildman–Crippen LogP) is 4.94. The molecule has 0 atom stereocenters. The number of ether oxygens (including phenoxy) is 1. The minimum atomic E-state index is -4.46. The first kappa shape index (κ1) is 21.2. The van der Waals surface area contributed by atoms with Crippen LogP contribution in [0.3, 0.4) is 0 Å². The average molecular weight is 455 g/mol. The van der Waals surface area contributed by atoms with E-state index in [0.29, 0.717) is 17.6 Å². The molecular formula is C17H12ClF5N2O3S. The lowest BCUT2D eigenvalue weighted by Crippen LogP contribution is -2.14. The molecule has 5 nitrogen and oxygen atoms in total. The van der Waals surface area contributed by atoms with Gasteiger partial charge in [0.1, 0.15) is 11.6 Å². The van der Waals surface area contributed by atoms with E-state index < -0.39 is 46.4 Å². The third-order valence-electron chi connectivity index (χ3n) is 3.90. The summed E-state index contributed by atoms with van der Waals surface area (Å²) >= 11 is 5.90. The van der Waals surface area contributed by atoms with Crippen LogP contribution in [0, 0.1) is 11.6 Å². The van der Waals surface area contributed by atoms with E-state index in [1.54, 1.807) is 0 Å². The van der Waals surface area contributed by atoms with Crippen LogP contribution < -0.4 is 9.46 Å². The van der Waals surface area contributed by atoms with E-state index >= 15 is 0 Å².